The summed E-state index contributed by atoms with van der Waals surface area (Å²) < 4.78 is 26.3. The van der Waals surface area contributed by atoms with Gasteiger partial charge in [0.15, 0.2) is 0 Å². The monoisotopic (exact) mass is 413 g/mol. The fraction of sp³-hybridized carbons (Fsp3) is 0.632. The SMILES string of the molecule is CNS(=O)(=O)c1ccc2c(c1)CCN2C(=O)C1CC2CCCC(C1)C2N.Cl. The number of carbonyl (C=O) groups is 1. The zero-order chi connectivity index (χ0) is 18.5. The first-order chi connectivity index (χ1) is 12.4. The van der Waals surface area contributed by atoms with E-state index in [0.29, 0.717) is 24.8 Å². The highest BCUT2D eigenvalue weighted by molar-refractivity contribution is 7.89. The molecular formula is C19H28ClN3O3S. The first-order valence-electron chi connectivity index (χ1n) is 9.54. The second-order valence-corrected chi connectivity index (χ2v) is 9.82. The number of amides is 1. The minimum Gasteiger partial charge on any atom is -0.327 e. The van der Waals surface area contributed by atoms with Gasteiger partial charge in [-0.2, -0.15) is 0 Å². The van der Waals surface area contributed by atoms with E-state index in [1.807, 2.05) is 4.90 Å². The number of nitrogens with two attached hydrogens (primary N) is 1. The van der Waals surface area contributed by atoms with Crippen LogP contribution in [0.25, 0.3) is 0 Å². The molecule has 1 amide bonds. The molecule has 1 aliphatic heterocycles. The lowest BCUT2D eigenvalue weighted by molar-refractivity contribution is -0.125. The molecule has 2 aliphatic carbocycles. The van der Waals surface area contributed by atoms with Crippen molar-refractivity contribution in [1.29, 1.82) is 0 Å². The van der Waals surface area contributed by atoms with Crippen LogP contribution in [0.3, 0.4) is 0 Å². The van der Waals surface area contributed by atoms with Crippen molar-refractivity contribution in [2.24, 2.45) is 23.5 Å². The van der Waals surface area contributed by atoms with Gasteiger partial charge >= 0.3 is 0 Å². The van der Waals surface area contributed by atoms with Crippen LogP contribution in [0.2, 0.25) is 0 Å². The number of nitrogens with one attached hydrogen (secondary N) is 1. The minimum atomic E-state index is -3.46. The van der Waals surface area contributed by atoms with Crippen LogP contribution >= 0.6 is 12.4 Å². The summed E-state index contributed by atoms with van der Waals surface area (Å²) >= 11 is 0. The quantitative estimate of drug-likeness (QED) is 0.793. The standard InChI is InChI=1S/C19H27N3O3S.ClH/c1-21-26(24,25)16-5-6-17-12(11-16)7-8-22(17)19(23)15-9-13-3-2-4-14(10-15)18(13)20;/h5-6,11,13-15,18,21H,2-4,7-10,20H2,1H3;1H. The zero-order valence-corrected chi connectivity index (χ0v) is 17.2. The molecular weight excluding hydrogens is 386 g/mol. The van der Waals surface area contributed by atoms with Crippen molar-refractivity contribution in [2.75, 3.05) is 18.5 Å². The molecule has 1 aromatic rings. The number of hydrogen-bond donors (Lipinski definition) is 2. The van der Waals surface area contributed by atoms with Crippen molar-refractivity contribution in [3.63, 3.8) is 0 Å². The van der Waals surface area contributed by atoms with E-state index < -0.39 is 10.0 Å². The van der Waals surface area contributed by atoms with Gasteiger partial charge < -0.3 is 10.6 Å². The van der Waals surface area contributed by atoms with Gasteiger partial charge in [-0.3, -0.25) is 4.79 Å². The number of fused-ring (bicyclic) bond motifs is 3. The van der Waals surface area contributed by atoms with Crippen LogP contribution in [0, 0.1) is 17.8 Å². The van der Waals surface area contributed by atoms with Gasteiger partial charge in [0.05, 0.1) is 4.90 Å². The molecule has 6 nitrogen and oxygen atoms in total. The van der Waals surface area contributed by atoms with Gasteiger partial charge in [0, 0.05) is 24.2 Å². The summed E-state index contributed by atoms with van der Waals surface area (Å²) in [4.78, 5) is 15.3. The van der Waals surface area contributed by atoms with E-state index in [2.05, 4.69) is 4.72 Å². The topological polar surface area (TPSA) is 92.5 Å². The molecule has 8 heteroatoms. The van der Waals surface area contributed by atoms with Crippen LogP contribution in [0.5, 0.6) is 0 Å². The smallest absolute Gasteiger partial charge is 0.240 e. The second-order valence-electron chi connectivity index (χ2n) is 7.93. The van der Waals surface area contributed by atoms with E-state index in [0.717, 1.165) is 36.9 Å². The van der Waals surface area contributed by atoms with E-state index in [9.17, 15) is 13.2 Å². The summed E-state index contributed by atoms with van der Waals surface area (Å²) in [6.45, 7) is 0.634. The Kier molecular flexibility index (Phi) is 5.87. The molecule has 1 heterocycles. The molecule has 150 valence electrons. The van der Waals surface area contributed by atoms with Crippen molar-refractivity contribution in [2.45, 2.75) is 49.5 Å². The number of halogens is 1. The number of benzene rings is 1. The Bertz CT molecular complexity index is 815. The highest BCUT2D eigenvalue weighted by atomic mass is 35.5. The fourth-order valence-corrected chi connectivity index (χ4v) is 5.88. The number of sulfonamides is 1. The zero-order valence-electron chi connectivity index (χ0n) is 15.6. The average molecular weight is 414 g/mol. The Morgan fingerprint density at radius 2 is 1.89 bits per heavy atom. The van der Waals surface area contributed by atoms with Gasteiger partial charge in [-0.25, -0.2) is 13.1 Å². The molecule has 0 radical (unpaired) electrons. The van der Waals surface area contributed by atoms with Gasteiger partial charge in [0.1, 0.15) is 0 Å². The van der Waals surface area contributed by atoms with Crippen molar-refractivity contribution >= 4 is 34.0 Å². The summed E-state index contributed by atoms with van der Waals surface area (Å²) in [5, 5.41) is 0. The van der Waals surface area contributed by atoms with Crippen LogP contribution in [-0.4, -0.2) is 34.0 Å². The van der Waals surface area contributed by atoms with Crippen molar-refractivity contribution < 1.29 is 13.2 Å². The predicted molar refractivity (Wildman–Crippen MR) is 108 cm³/mol. The van der Waals surface area contributed by atoms with Crippen LogP contribution in [0.1, 0.15) is 37.7 Å². The Balaban J connectivity index is 0.00000210. The molecule has 3 N–H and O–H groups in total. The third kappa shape index (κ3) is 3.62. The van der Waals surface area contributed by atoms with Gasteiger partial charge in [-0.1, -0.05) is 6.42 Å². The molecule has 3 aliphatic rings. The maximum atomic E-state index is 13.2. The normalized spacial score (nSPS) is 29.8. The van der Waals surface area contributed by atoms with Gasteiger partial charge in [-0.05, 0) is 74.8 Å². The van der Waals surface area contributed by atoms with E-state index in [-0.39, 0.29) is 35.2 Å². The third-order valence-corrected chi connectivity index (χ3v) is 7.97. The molecule has 2 saturated carbocycles. The van der Waals surface area contributed by atoms with Crippen molar-refractivity contribution in [1.82, 2.24) is 4.72 Å². The van der Waals surface area contributed by atoms with E-state index in [1.54, 1.807) is 18.2 Å². The molecule has 2 bridgehead atoms. The Hall–Kier alpha value is -1.15. The summed E-state index contributed by atoms with van der Waals surface area (Å²) in [7, 11) is -2.06. The molecule has 4 rings (SSSR count). The van der Waals surface area contributed by atoms with Gasteiger partial charge in [0.2, 0.25) is 15.9 Å². The lowest BCUT2D eigenvalue weighted by Crippen LogP contribution is -2.49. The molecule has 0 aromatic heterocycles. The molecule has 0 spiro atoms. The highest BCUT2D eigenvalue weighted by Crippen LogP contribution is 2.43. The number of carbonyl (C=O) groups excluding carboxylic acids is 1. The maximum Gasteiger partial charge on any atom is 0.240 e. The van der Waals surface area contributed by atoms with Gasteiger partial charge in [0.25, 0.3) is 0 Å². The summed E-state index contributed by atoms with van der Waals surface area (Å²) in [5.74, 6) is 1.19. The largest absolute Gasteiger partial charge is 0.327 e. The Morgan fingerprint density at radius 1 is 1.22 bits per heavy atom. The molecule has 0 saturated heterocycles. The van der Waals surface area contributed by atoms with E-state index >= 15 is 0 Å². The average Bonchev–Trinajstić information content (AvgIpc) is 3.04. The Morgan fingerprint density at radius 3 is 2.52 bits per heavy atom. The maximum absolute atomic E-state index is 13.2. The highest BCUT2D eigenvalue weighted by Gasteiger charge is 2.42. The minimum absolute atomic E-state index is 0. The van der Waals surface area contributed by atoms with E-state index in [1.165, 1.54) is 13.5 Å². The first-order valence-corrected chi connectivity index (χ1v) is 11.0. The molecule has 2 fully saturated rings. The van der Waals surface area contributed by atoms with E-state index in [4.69, 9.17) is 5.73 Å². The van der Waals surface area contributed by atoms with Crippen molar-refractivity contribution in [3.8, 4) is 0 Å². The summed E-state index contributed by atoms with van der Waals surface area (Å²) in [5.41, 5.74) is 8.16. The lowest BCUT2D eigenvalue weighted by atomic mass is 9.65. The van der Waals surface area contributed by atoms with Crippen LogP contribution in [0.15, 0.2) is 23.1 Å². The number of rotatable bonds is 3. The third-order valence-electron chi connectivity index (χ3n) is 6.55. The molecule has 1 aromatic carbocycles. The van der Waals surface area contributed by atoms with Crippen LogP contribution in [-0.2, 0) is 21.2 Å². The second kappa shape index (κ2) is 7.70. The van der Waals surface area contributed by atoms with Crippen LogP contribution in [0.4, 0.5) is 5.69 Å². The summed E-state index contributed by atoms with van der Waals surface area (Å²) in [6.07, 6.45) is 6.02. The van der Waals surface area contributed by atoms with Crippen LogP contribution < -0.4 is 15.4 Å². The Labute approximate surface area is 167 Å². The summed E-state index contributed by atoms with van der Waals surface area (Å²) in [6, 6.07) is 5.31. The molecule has 2 unspecified atom stereocenters. The fourth-order valence-electron chi connectivity index (χ4n) is 5.10. The first kappa shape index (κ1) is 20.6. The number of anilines is 1. The lowest BCUT2D eigenvalue weighted by Gasteiger charge is -2.44. The number of hydrogen-bond acceptors (Lipinski definition) is 4. The van der Waals surface area contributed by atoms with Crippen molar-refractivity contribution in [3.05, 3.63) is 23.8 Å². The molecule has 27 heavy (non-hydrogen) atoms. The number of nitrogens with zero attached hydrogens (tertiary/aromatic N) is 1. The molecule has 2 atom stereocenters. The van der Waals surface area contributed by atoms with Gasteiger partial charge in [-0.15, -0.1) is 12.4 Å². The predicted octanol–water partition coefficient (Wildman–Crippen LogP) is 2.06.